The van der Waals surface area contributed by atoms with Gasteiger partial charge in [0, 0.05) is 6.42 Å². The number of aldehydes is 3. The van der Waals surface area contributed by atoms with Crippen molar-refractivity contribution in [2.24, 2.45) is 0 Å². The number of carbonyl (C=O) groups is 4. The molecule has 14 heavy (non-hydrogen) atoms. The number of hydrogen-bond donors (Lipinski definition) is 2. The van der Waals surface area contributed by atoms with Crippen molar-refractivity contribution >= 4 is 24.9 Å². The van der Waals surface area contributed by atoms with Crippen LogP contribution in [0.15, 0.2) is 0 Å². The molecule has 0 heterocycles. The predicted molar refractivity (Wildman–Crippen MR) is 47.7 cm³/mol. The summed E-state index contributed by atoms with van der Waals surface area (Å²) >= 11 is 0. The van der Waals surface area contributed by atoms with E-state index in [1.54, 1.807) is 0 Å². The molecule has 0 aliphatic carbocycles. The summed E-state index contributed by atoms with van der Waals surface area (Å²) in [6, 6.07) is -1.29. The third kappa shape index (κ3) is 5.87. The van der Waals surface area contributed by atoms with Crippen molar-refractivity contribution in [3.8, 4) is 0 Å². The Morgan fingerprint density at radius 3 is 2.43 bits per heavy atom. The van der Waals surface area contributed by atoms with Crippen molar-refractivity contribution in [1.29, 1.82) is 0 Å². The molecule has 0 aromatic carbocycles. The Kier molecular flexibility index (Phi) is 6.93. The molecule has 0 saturated heterocycles. The third-order valence-corrected chi connectivity index (χ3v) is 1.42. The zero-order valence-electron chi connectivity index (χ0n) is 7.56. The Morgan fingerprint density at radius 2 is 1.93 bits per heavy atom. The molecule has 0 saturated carbocycles. The second-order valence-corrected chi connectivity index (χ2v) is 2.51. The molecule has 6 heteroatoms. The maximum atomic E-state index is 10.9. The van der Waals surface area contributed by atoms with Gasteiger partial charge in [0.05, 0.1) is 12.6 Å². The summed E-state index contributed by atoms with van der Waals surface area (Å²) in [7, 11) is 0. The molecular weight excluding hydrogens is 188 g/mol. The molecular formula is C8H12N2O4. The minimum atomic E-state index is -0.688. The quantitative estimate of drug-likeness (QED) is 0.517. The highest BCUT2D eigenvalue weighted by atomic mass is 16.2. The lowest BCUT2D eigenvalue weighted by Crippen LogP contribution is -2.43. The van der Waals surface area contributed by atoms with Crippen LogP contribution in [0.5, 0.6) is 0 Å². The number of nitrogens with one attached hydrogen (secondary N) is 2. The SMILES string of the molecule is O=CCCC(C=O)NC(=O)NCC=O. The van der Waals surface area contributed by atoms with Crippen molar-refractivity contribution in [3.63, 3.8) is 0 Å². The molecule has 0 spiro atoms. The van der Waals surface area contributed by atoms with Gasteiger partial charge in [0.25, 0.3) is 0 Å². The number of rotatable bonds is 7. The van der Waals surface area contributed by atoms with Crippen LogP contribution in [0.2, 0.25) is 0 Å². The van der Waals surface area contributed by atoms with Crippen molar-refractivity contribution < 1.29 is 19.2 Å². The maximum absolute atomic E-state index is 10.9. The summed E-state index contributed by atoms with van der Waals surface area (Å²) in [5, 5.41) is 4.51. The van der Waals surface area contributed by atoms with Gasteiger partial charge in [0.2, 0.25) is 0 Å². The van der Waals surface area contributed by atoms with Crippen molar-refractivity contribution in [1.82, 2.24) is 10.6 Å². The largest absolute Gasteiger partial charge is 0.331 e. The molecule has 0 bridgehead atoms. The standard InChI is InChI=1S/C8H12N2O4/c11-4-1-2-7(6-13)10-8(14)9-3-5-12/h4-7H,1-3H2,(H2,9,10,14). The molecule has 0 aliphatic rings. The molecule has 2 N–H and O–H groups in total. The van der Waals surface area contributed by atoms with Gasteiger partial charge in [-0.2, -0.15) is 0 Å². The normalized spacial score (nSPS) is 11.1. The van der Waals surface area contributed by atoms with Crippen molar-refractivity contribution in [3.05, 3.63) is 0 Å². The van der Waals surface area contributed by atoms with Gasteiger partial charge in [0.15, 0.2) is 0 Å². The van der Waals surface area contributed by atoms with E-state index in [0.29, 0.717) is 18.9 Å². The molecule has 0 aliphatic heterocycles. The van der Waals surface area contributed by atoms with E-state index in [2.05, 4.69) is 10.6 Å². The first kappa shape index (κ1) is 12.3. The van der Waals surface area contributed by atoms with Crippen LogP contribution >= 0.6 is 0 Å². The second-order valence-electron chi connectivity index (χ2n) is 2.51. The van der Waals surface area contributed by atoms with Gasteiger partial charge in [-0.1, -0.05) is 0 Å². The van der Waals surface area contributed by atoms with E-state index in [9.17, 15) is 19.2 Å². The summed E-state index contributed by atoms with van der Waals surface area (Å²) in [6.45, 7) is -0.106. The first-order chi connectivity index (χ1) is 6.74. The van der Waals surface area contributed by atoms with Crippen molar-refractivity contribution in [2.75, 3.05) is 6.54 Å². The van der Waals surface area contributed by atoms with Crippen LogP contribution < -0.4 is 10.6 Å². The molecule has 78 valence electrons. The minimum Gasteiger partial charge on any atom is -0.331 e. The summed E-state index contributed by atoms with van der Waals surface area (Å²) < 4.78 is 0. The summed E-state index contributed by atoms with van der Waals surface area (Å²) in [4.78, 5) is 41.2. The monoisotopic (exact) mass is 200 g/mol. The van der Waals surface area contributed by atoms with Gasteiger partial charge < -0.3 is 25.0 Å². The van der Waals surface area contributed by atoms with E-state index in [1.165, 1.54) is 0 Å². The van der Waals surface area contributed by atoms with E-state index >= 15 is 0 Å². The highest BCUT2D eigenvalue weighted by molar-refractivity contribution is 5.79. The van der Waals surface area contributed by atoms with Gasteiger partial charge in [-0.05, 0) is 6.42 Å². The lowest BCUT2D eigenvalue weighted by atomic mass is 10.2. The van der Waals surface area contributed by atoms with E-state index in [4.69, 9.17) is 0 Å². The number of carbonyl (C=O) groups excluding carboxylic acids is 4. The zero-order chi connectivity index (χ0) is 10.8. The van der Waals surface area contributed by atoms with Gasteiger partial charge in [-0.3, -0.25) is 0 Å². The maximum Gasteiger partial charge on any atom is 0.315 e. The van der Waals surface area contributed by atoms with E-state index in [-0.39, 0.29) is 19.4 Å². The number of hydrogen-bond acceptors (Lipinski definition) is 4. The Balaban J connectivity index is 3.78. The van der Waals surface area contributed by atoms with E-state index in [1.807, 2.05) is 0 Å². The Bertz CT molecular complexity index is 217. The molecule has 0 aromatic rings. The van der Waals surface area contributed by atoms with Crippen LogP contribution in [0.1, 0.15) is 12.8 Å². The Hall–Kier alpha value is -1.72. The molecule has 0 rings (SSSR count). The molecule has 2 amide bonds. The van der Waals surface area contributed by atoms with Crippen LogP contribution in [-0.2, 0) is 14.4 Å². The molecule has 0 fully saturated rings. The fourth-order valence-electron chi connectivity index (χ4n) is 0.776. The van der Waals surface area contributed by atoms with Gasteiger partial charge in [-0.25, -0.2) is 4.79 Å². The zero-order valence-corrected chi connectivity index (χ0v) is 7.56. The first-order valence-corrected chi connectivity index (χ1v) is 4.11. The average molecular weight is 200 g/mol. The van der Waals surface area contributed by atoms with Gasteiger partial charge in [-0.15, -0.1) is 0 Å². The fourth-order valence-corrected chi connectivity index (χ4v) is 0.776. The fraction of sp³-hybridized carbons (Fsp3) is 0.500. The van der Waals surface area contributed by atoms with E-state index in [0.717, 1.165) is 0 Å². The Labute approximate surface area is 81.0 Å². The summed E-state index contributed by atoms with van der Waals surface area (Å²) in [5.41, 5.74) is 0. The molecule has 1 atom stereocenters. The number of amides is 2. The summed E-state index contributed by atoms with van der Waals surface area (Å²) in [6.07, 6.45) is 2.21. The minimum absolute atomic E-state index is 0.106. The lowest BCUT2D eigenvalue weighted by molar-refractivity contribution is -0.110. The van der Waals surface area contributed by atoms with Crippen molar-refractivity contribution in [2.45, 2.75) is 18.9 Å². The predicted octanol–water partition coefficient (Wildman–Crippen LogP) is -0.969. The van der Waals surface area contributed by atoms with Gasteiger partial charge >= 0.3 is 6.03 Å². The highest BCUT2D eigenvalue weighted by Crippen LogP contribution is 1.91. The Morgan fingerprint density at radius 1 is 1.21 bits per heavy atom. The van der Waals surface area contributed by atoms with Gasteiger partial charge in [0.1, 0.15) is 18.9 Å². The van der Waals surface area contributed by atoms with Crippen LogP contribution in [0.25, 0.3) is 0 Å². The van der Waals surface area contributed by atoms with Crippen LogP contribution in [0, 0.1) is 0 Å². The van der Waals surface area contributed by atoms with Crippen LogP contribution in [-0.4, -0.2) is 37.5 Å². The number of urea groups is 1. The summed E-state index contributed by atoms with van der Waals surface area (Å²) in [5.74, 6) is 0. The molecule has 0 radical (unpaired) electrons. The molecule has 0 aromatic heterocycles. The first-order valence-electron chi connectivity index (χ1n) is 4.11. The third-order valence-electron chi connectivity index (χ3n) is 1.42. The average Bonchev–Trinajstić information content (AvgIpc) is 2.21. The lowest BCUT2D eigenvalue weighted by Gasteiger charge is -2.10. The van der Waals surface area contributed by atoms with Crippen LogP contribution in [0.3, 0.4) is 0 Å². The van der Waals surface area contributed by atoms with Crippen LogP contribution in [0.4, 0.5) is 4.79 Å². The molecule has 1 unspecified atom stereocenters. The smallest absolute Gasteiger partial charge is 0.315 e. The second kappa shape index (κ2) is 7.90. The highest BCUT2D eigenvalue weighted by Gasteiger charge is 2.09. The topological polar surface area (TPSA) is 92.3 Å². The van der Waals surface area contributed by atoms with E-state index < -0.39 is 12.1 Å². The molecule has 6 nitrogen and oxygen atoms in total.